The number of benzene rings is 1. The van der Waals surface area contributed by atoms with Crippen molar-refractivity contribution in [2.24, 2.45) is 0 Å². The van der Waals surface area contributed by atoms with E-state index in [4.69, 9.17) is 14.2 Å². The van der Waals surface area contributed by atoms with Gasteiger partial charge in [-0.3, -0.25) is 0 Å². The van der Waals surface area contributed by atoms with Crippen molar-refractivity contribution < 1.29 is 19.3 Å². The van der Waals surface area contributed by atoms with E-state index in [9.17, 15) is 10.4 Å². The fraction of sp³-hybridized carbons (Fsp3) is 0.450. The van der Waals surface area contributed by atoms with Crippen LogP contribution in [0.1, 0.15) is 55.6 Å². The highest BCUT2D eigenvalue weighted by molar-refractivity contribution is 5.49. The van der Waals surface area contributed by atoms with E-state index < -0.39 is 11.4 Å². The molecule has 0 spiro atoms. The molecule has 144 valence electrons. The Kier molecular flexibility index (Phi) is 5.73. The number of aliphatic hydroxyl groups is 1. The molecular weight excluding hydrogens is 346 g/mol. The Labute approximate surface area is 159 Å². The summed E-state index contributed by atoms with van der Waals surface area (Å²) in [4.78, 5) is 8.51. The van der Waals surface area contributed by atoms with Crippen LogP contribution in [0.2, 0.25) is 0 Å². The minimum Gasteiger partial charge on any atom is -0.481 e. The summed E-state index contributed by atoms with van der Waals surface area (Å²) in [6.07, 6.45) is 0. The minimum absolute atomic E-state index is 0.0588. The second kappa shape index (κ2) is 7.51. The van der Waals surface area contributed by atoms with Crippen LogP contribution in [-0.2, 0) is 16.1 Å². The maximum Gasteiger partial charge on any atom is 0.319 e. The molecule has 0 saturated heterocycles. The molecule has 0 amide bonds. The average Bonchev–Trinajstić information content (AvgIpc) is 2.88. The first kappa shape index (κ1) is 20.6. The number of ether oxygens (including phenoxy) is 3. The number of aromatic nitrogens is 2. The fourth-order valence-corrected chi connectivity index (χ4v) is 3.16. The van der Waals surface area contributed by atoms with Gasteiger partial charge in [-0.15, -0.1) is 0 Å². The van der Waals surface area contributed by atoms with Gasteiger partial charge in [0.25, 0.3) is 0 Å². The Morgan fingerprint density at radius 3 is 2.33 bits per heavy atom. The number of fused-ring (bicyclic) bond motifs is 1. The standard InChI is InChI=1S/C18H19N3O4.C2H6/c1-10-6-11(9-19)8-12(7-10)18(22)14-13(17(2,3)25-18)15(23-4)21-16(20-14)24-5;1-2/h6-8,22H,1-5H3;1-2H3. The number of methoxy groups -OCH3 is 2. The lowest BCUT2D eigenvalue weighted by Gasteiger charge is -2.27. The summed E-state index contributed by atoms with van der Waals surface area (Å²) in [6, 6.07) is 7.22. The molecule has 0 radical (unpaired) electrons. The Morgan fingerprint density at radius 2 is 1.78 bits per heavy atom. The largest absolute Gasteiger partial charge is 0.481 e. The highest BCUT2D eigenvalue weighted by Gasteiger charge is 2.53. The minimum atomic E-state index is -1.85. The molecule has 27 heavy (non-hydrogen) atoms. The Hall–Kier alpha value is -2.69. The summed E-state index contributed by atoms with van der Waals surface area (Å²) in [7, 11) is 2.91. The van der Waals surface area contributed by atoms with Crippen molar-refractivity contribution in [1.82, 2.24) is 9.97 Å². The quantitative estimate of drug-likeness (QED) is 0.885. The predicted molar refractivity (Wildman–Crippen MR) is 99.5 cm³/mol. The molecule has 0 fully saturated rings. The van der Waals surface area contributed by atoms with Crippen molar-refractivity contribution in [3.8, 4) is 18.0 Å². The molecule has 0 aliphatic carbocycles. The summed E-state index contributed by atoms with van der Waals surface area (Å²) in [5.74, 6) is -1.57. The van der Waals surface area contributed by atoms with E-state index in [-0.39, 0.29) is 17.6 Å². The van der Waals surface area contributed by atoms with Gasteiger partial charge >= 0.3 is 6.01 Å². The van der Waals surface area contributed by atoms with Crippen molar-refractivity contribution >= 4 is 0 Å². The van der Waals surface area contributed by atoms with Crippen LogP contribution in [0.5, 0.6) is 11.9 Å². The van der Waals surface area contributed by atoms with Gasteiger partial charge in [0.1, 0.15) is 5.69 Å². The number of aryl methyl sites for hydroxylation is 1. The number of hydrogen-bond acceptors (Lipinski definition) is 7. The van der Waals surface area contributed by atoms with Crippen LogP contribution in [-0.4, -0.2) is 29.3 Å². The fourth-order valence-electron chi connectivity index (χ4n) is 3.16. The molecule has 1 unspecified atom stereocenters. The third-order valence-electron chi connectivity index (χ3n) is 4.15. The number of nitriles is 1. The van der Waals surface area contributed by atoms with Gasteiger partial charge in [0.05, 0.1) is 37.0 Å². The van der Waals surface area contributed by atoms with Gasteiger partial charge in [0.15, 0.2) is 0 Å². The third kappa shape index (κ3) is 3.46. The molecule has 1 aliphatic heterocycles. The van der Waals surface area contributed by atoms with Crippen molar-refractivity contribution in [3.63, 3.8) is 0 Å². The van der Waals surface area contributed by atoms with Crippen molar-refractivity contribution in [2.75, 3.05) is 14.2 Å². The summed E-state index contributed by atoms with van der Waals surface area (Å²) in [6.45, 7) is 9.43. The highest BCUT2D eigenvalue weighted by Crippen LogP contribution is 2.51. The Balaban J connectivity index is 0.00000126. The zero-order valence-electron chi connectivity index (χ0n) is 16.7. The molecule has 7 heteroatoms. The van der Waals surface area contributed by atoms with Crippen LogP contribution >= 0.6 is 0 Å². The summed E-state index contributed by atoms with van der Waals surface area (Å²) in [5.41, 5.74) is 1.54. The maximum absolute atomic E-state index is 11.4. The Bertz CT molecular complexity index is 890. The summed E-state index contributed by atoms with van der Waals surface area (Å²) < 4.78 is 16.5. The van der Waals surface area contributed by atoms with E-state index in [1.54, 1.807) is 32.0 Å². The van der Waals surface area contributed by atoms with Gasteiger partial charge in [0, 0.05) is 5.56 Å². The van der Waals surface area contributed by atoms with Gasteiger partial charge in [-0.1, -0.05) is 19.9 Å². The zero-order chi connectivity index (χ0) is 20.4. The lowest BCUT2D eigenvalue weighted by molar-refractivity contribution is -0.224. The van der Waals surface area contributed by atoms with Crippen molar-refractivity contribution in [3.05, 3.63) is 46.1 Å². The van der Waals surface area contributed by atoms with Crippen LogP contribution in [0, 0.1) is 18.3 Å². The van der Waals surface area contributed by atoms with E-state index in [2.05, 4.69) is 16.0 Å². The molecule has 1 aliphatic rings. The van der Waals surface area contributed by atoms with Gasteiger partial charge in [-0.2, -0.15) is 15.2 Å². The normalized spacial score (nSPS) is 19.4. The van der Waals surface area contributed by atoms with E-state index in [1.165, 1.54) is 14.2 Å². The number of hydrogen-bond donors (Lipinski definition) is 1. The highest BCUT2D eigenvalue weighted by atomic mass is 16.6. The van der Waals surface area contributed by atoms with Crippen LogP contribution in [0.25, 0.3) is 0 Å². The molecule has 1 aromatic carbocycles. The van der Waals surface area contributed by atoms with Gasteiger partial charge in [-0.25, -0.2) is 0 Å². The molecule has 2 heterocycles. The van der Waals surface area contributed by atoms with Crippen LogP contribution in [0.3, 0.4) is 0 Å². The average molecular weight is 371 g/mol. The Morgan fingerprint density at radius 1 is 1.11 bits per heavy atom. The van der Waals surface area contributed by atoms with Crippen LogP contribution in [0.4, 0.5) is 0 Å². The lowest BCUT2D eigenvalue weighted by atomic mass is 9.94. The first-order valence-electron chi connectivity index (χ1n) is 8.71. The monoisotopic (exact) mass is 371 g/mol. The SMILES string of the molecule is CC.COc1nc(OC)c2c(n1)C(O)(c1cc(C)cc(C#N)c1)OC2(C)C. The summed E-state index contributed by atoms with van der Waals surface area (Å²) in [5, 5.41) is 20.6. The number of rotatable bonds is 3. The molecule has 3 rings (SSSR count). The van der Waals surface area contributed by atoms with Gasteiger partial charge < -0.3 is 19.3 Å². The van der Waals surface area contributed by atoms with E-state index in [1.807, 2.05) is 20.8 Å². The van der Waals surface area contributed by atoms with Crippen molar-refractivity contribution in [1.29, 1.82) is 5.26 Å². The van der Waals surface area contributed by atoms with E-state index >= 15 is 0 Å². The molecule has 1 N–H and O–H groups in total. The lowest BCUT2D eigenvalue weighted by Crippen LogP contribution is -2.31. The molecule has 2 aromatic rings. The predicted octanol–water partition coefficient (Wildman–Crippen LogP) is 3.16. The third-order valence-corrected chi connectivity index (χ3v) is 4.15. The van der Waals surface area contributed by atoms with E-state index in [0.717, 1.165) is 5.56 Å². The van der Waals surface area contributed by atoms with E-state index in [0.29, 0.717) is 16.7 Å². The first-order chi connectivity index (χ1) is 12.7. The van der Waals surface area contributed by atoms with Gasteiger partial charge in [0.2, 0.25) is 11.7 Å². The smallest absolute Gasteiger partial charge is 0.319 e. The molecule has 0 bridgehead atoms. The van der Waals surface area contributed by atoms with Crippen LogP contribution in [0.15, 0.2) is 18.2 Å². The molecular formula is C20H25N3O4. The second-order valence-corrected chi connectivity index (χ2v) is 6.40. The summed E-state index contributed by atoms with van der Waals surface area (Å²) >= 11 is 0. The van der Waals surface area contributed by atoms with Crippen molar-refractivity contribution in [2.45, 2.75) is 46.0 Å². The number of nitrogens with zero attached hydrogens (tertiary/aromatic N) is 3. The molecule has 0 saturated carbocycles. The zero-order valence-corrected chi connectivity index (χ0v) is 16.7. The maximum atomic E-state index is 11.4. The van der Waals surface area contributed by atoms with Crippen LogP contribution < -0.4 is 9.47 Å². The molecule has 7 nitrogen and oxygen atoms in total. The first-order valence-corrected chi connectivity index (χ1v) is 8.71. The molecule has 1 atom stereocenters. The van der Waals surface area contributed by atoms with Gasteiger partial charge in [-0.05, 0) is 38.5 Å². The topological polar surface area (TPSA) is 97.5 Å². The molecule has 1 aromatic heterocycles. The second-order valence-electron chi connectivity index (χ2n) is 6.40.